The molecular weight excluding hydrogens is 232 g/mol. The van der Waals surface area contributed by atoms with Gasteiger partial charge in [-0.15, -0.1) is 0 Å². The van der Waals surface area contributed by atoms with Crippen LogP contribution in [0.25, 0.3) is 0 Å². The first kappa shape index (κ1) is 13.0. The van der Waals surface area contributed by atoms with Crippen LogP contribution < -0.4 is 5.32 Å². The van der Waals surface area contributed by atoms with Gasteiger partial charge in [-0.25, -0.2) is 0 Å². The summed E-state index contributed by atoms with van der Waals surface area (Å²) >= 11 is 0. The minimum absolute atomic E-state index is 0.0883. The maximum atomic E-state index is 11.7. The Morgan fingerprint density at radius 2 is 2.28 bits per heavy atom. The quantitative estimate of drug-likeness (QED) is 0.785. The smallest absolute Gasteiger partial charge is 0.221 e. The highest BCUT2D eigenvalue weighted by Gasteiger charge is 2.11. The van der Waals surface area contributed by atoms with Crippen LogP contribution in [-0.2, 0) is 23.1 Å². The number of amides is 1. The maximum absolute atomic E-state index is 11.7. The first-order valence-corrected chi connectivity index (χ1v) is 6.28. The number of hydrogen-bond donors (Lipinski definition) is 1. The first-order valence-electron chi connectivity index (χ1n) is 6.28. The number of nitrogens with zero attached hydrogens (tertiary/aromatic N) is 3. The van der Waals surface area contributed by atoms with Crippen molar-refractivity contribution in [2.24, 2.45) is 7.05 Å². The summed E-state index contributed by atoms with van der Waals surface area (Å²) in [6, 6.07) is 0. The molecule has 0 atom stereocenters. The van der Waals surface area contributed by atoms with E-state index < -0.39 is 0 Å². The van der Waals surface area contributed by atoms with Crippen molar-refractivity contribution >= 4 is 5.91 Å². The van der Waals surface area contributed by atoms with Crippen LogP contribution in [0.5, 0.6) is 0 Å². The van der Waals surface area contributed by atoms with Gasteiger partial charge in [-0.05, 0) is 0 Å². The molecular formula is C12H20N4O2. The molecule has 1 aliphatic rings. The molecule has 1 aromatic rings. The molecule has 0 aromatic carbocycles. The fraction of sp³-hybridized carbons (Fsp3) is 0.667. The van der Waals surface area contributed by atoms with Crippen molar-refractivity contribution in [2.75, 3.05) is 32.8 Å². The van der Waals surface area contributed by atoms with Gasteiger partial charge in [-0.1, -0.05) is 0 Å². The van der Waals surface area contributed by atoms with Gasteiger partial charge in [0, 0.05) is 51.4 Å². The molecule has 6 heteroatoms. The van der Waals surface area contributed by atoms with Gasteiger partial charge < -0.3 is 10.1 Å². The van der Waals surface area contributed by atoms with E-state index in [4.69, 9.17) is 4.74 Å². The molecule has 0 aliphatic carbocycles. The Morgan fingerprint density at radius 1 is 1.50 bits per heavy atom. The monoisotopic (exact) mass is 252 g/mol. The SMILES string of the molecule is Cn1cc(CNC(=O)CCN2CCOCC2)cn1. The Hall–Kier alpha value is -1.40. The minimum Gasteiger partial charge on any atom is -0.379 e. The number of hydrogen-bond acceptors (Lipinski definition) is 4. The Bertz CT molecular complexity index is 385. The molecule has 2 heterocycles. The van der Waals surface area contributed by atoms with Gasteiger partial charge in [0.2, 0.25) is 5.91 Å². The lowest BCUT2D eigenvalue weighted by Gasteiger charge is -2.26. The van der Waals surface area contributed by atoms with Crippen LogP contribution in [0, 0.1) is 0 Å². The highest BCUT2D eigenvalue weighted by Crippen LogP contribution is 1.99. The van der Waals surface area contributed by atoms with Crippen molar-refractivity contribution < 1.29 is 9.53 Å². The minimum atomic E-state index is 0.0883. The summed E-state index contributed by atoms with van der Waals surface area (Å²) in [7, 11) is 1.86. The fourth-order valence-corrected chi connectivity index (χ4v) is 1.94. The van der Waals surface area contributed by atoms with Gasteiger partial charge in [0.25, 0.3) is 0 Å². The molecule has 0 unspecified atom stereocenters. The zero-order chi connectivity index (χ0) is 12.8. The van der Waals surface area contributed by atoms with Crippen molar-refractivity contribution in [1.82, 2.24) is 20.0 Å². The van der Waals surface area contributed by atoms with Crippen molar-refractivity contribution in [3.8, 4) is 0 Å². The summed E-state index contributed by atoms with van der Waals surface area (Å²) in [5, 5.41) is 6.96. The Balaban J connectivity index is 1.62. The molecule has 1 saturated heterocycles. The largest absolute Gasteiger partial charge is 0.379 e. The number of rotatable bonds is 5. The van der Waals surface area contributed by atoms with Gasteiger partial charge in [-0.3, -0.25) is 14.4 Å². The molecule has 1 amide bonds. The standard InChI is InChI=1S/C12H20N4O2/c1-15-10-11(9-14-15)8-13-12(17)2-3-16-4-6-18-7-5-16/h9-10H,2-8H2,1H3,(H,13,17). The number of nitrogens with one attached hydrogen (secondary N) is 1. The van der Waals surface area contributed by atoms with Crippen molar-refractivity contribution in [3.05, 3.63) is 18.0 Å². The van der Waals surface area contributed by atoms with Crippen LogP contribution in [0.2, 0.25) is 0 Å². The van der Waals surface area contributed by atoms with Crippen molar-refractivity contribution in [1.29, 1.82) is 0 Å². The van der Waals surface area contributed by atoms with Crippen LogP contribution in [0.15, 0.2) is 12.4 Å². The van der Waals surface area contributed by atoms with Gasteiger partial charge in [0.05, 0.1) is 19.4 Å². The lowest BCUT2D eigenvalue weighted by molar-refractivity contribution is -0.121. The molecule has 0 radical (unpaired) electrons. The number of aromatic nitrogens is 2. The van der Waals surface area contributed by atoms with E-state index in [9.17, 15) is 4.79 Å². The summed E-state index contributed by atoms with van der Waals surface area (Å²) in [6.07, 6.45) is 4.21. The average molecular weight is 252 g/mol. The van der Waals surface area contributed by atoms with E-state index in [0.717, 1.165) is 38.4 Å². The molecule has 2 rings (SSSR count). The Morgan fingerprint density at radius 3 is 2.94 bits per heavy atom. The number of aryl methyl sites for hydroxylation is 1. The number of ether oxygens (including phenoxy) is 1. The molecule has 18 heavy (non-hydrogen) atoms. The number of carbonyl (C=O) groups is 1. The van der Waals surface area contributed by atoms with E-state index >= 15 is 0 Å². The summed E-state index contributed by atoms with van der Waals surface area (Å²) in [5.41, 5.74) is 1.03. The van der Waals surface area contributed by atoms with Gasteiger partial charge in [-0.2, -0.15) is 5.10 Å². The van der Waals surface area contributed by atoms with Crippen LogP contribution in [0.3, 0.4) is 0 Å². The lowest BCUT2D eigenvalue weighted by Crippen LogP contribution is -2.38. The van der Waals surface area contributed by atoms with Crippen molar-refractivity contribution in [3.63, 3.8) is 0 Å². The molecule has 6 nitrogen and oxygen atoms in total. The second kappa shape index (κ2) is 6.51. The predicted molar refractivity (Wildman–Crippen MR) is 66.9 cm³/mol. The molecule has 1 N–H and O–H groups in total. The molecule has 1 aromatic heterocycles. The second-order valence-electron chi connectivity index (χ2n) is 4.50. The topological polar surface area (TPSA) is 59.4 Å². The summed E-state index contributed by atoms with van der Waals surface area (Å²) < 4.78 is 6.99. The fourth-order valence-electron chi connectivity index (χ4n) is 1.94. The summed E-state index contributed by atoms with van der Waals surface area (Å²) in [6.45, 7) is 4.76. The van der Waals surface area contributed by atoms with E-state index in [1.165, 1.54) is 0 Å². The molecule has 1 fully saturated rings. The number of morpholine rings is 1. The molecule has 0 bridgehead atoms. The van der Waals surface area contributed by atoms with E-state index in [0.29, 0.717) is 13.0 Å². The highest BCUT2D eigenvalue weighted by atomic mass is 16.5. The normalized spacial score (nSPS) is 16.7. The van der Waals surface area contributed by atoms with Crippen LogP contribution in [-0.4, -0.2) is 53.4 Å². The molecule has 0 saturated carbocycles. The van der Waals surface area contributed by atoms with Crippen LogP contribution >= 0.6 is 0 Å². The second-order valence-corrected chi connectivity index (χ2v) is 4.50. The van der Waals surface area contributed by atoms with E-state index in [-0.39, 0.29) is 5.91 Å². The zero-order valence-corrected chi connectivity index (χ0v) is 10.8. The van der Waals surface area contributed by atoms with E-state index in [1.54, 1.807) is 10.9 Å². The Labute approximate surface area is 107 Å². The number of carbonyl (C=O) groups excluding carboxylic acids is 1. The van der Waals surface area contributed by atoms with Crippen LogP contribution in [0.4, 0.5) is 0 Å². The Kier molecular flexibility index (Phi) is 4.72. The zero-order valence-electron chi connectivity index (χ0n) is 10.8. The van der Waals surface area contributed by atoms with E-state index in [1.807, 2.05) is 13.2 Å². The average Bonchev–Trinajstić information content (AvgIpc) is 2.81. The van der Waals surface area contributed by atoms with Gasteiger partial charge in [0.1, 0.15) is 0 Å². The molecule has 1 aliphatic heterocycles. The summed E-state index contributed by atoms with van der Waals surface area (Å²) in [5.74, 6) is 0.0883. The molecule has 0 spiro atoms. The third-order valence-corrected chi connectivity index (χ3v) is 3.01. The highest BCUT2D eigenvalue weighted by molar-refractivity contribution is 5.76. The third kappa shape index (κ3) is 4.12. The van der Waals surface area contributed by atoms with Crippen LogP contribution in [0.1, 0.15) is 12.0 Å². The van der Waals surface area contributed by atoms with Gasteiger partial charge >= 0.3 is 0 Å². The summed E-state index contributed by atoms with van der Waals surface area (Å²) in [4.78, 5) is 13.9. The lowest BCUT2D eigenvalue weighted by atomic mass is 10.3. The predicted octanol–water partition coefficient (Wildman–Crippen LogP) is -0.241. The maximum Gasteiger partial charge on any atom is 0.221 e. The third-order valence-electron chi connectivity index (χ3n) is 3.01. The molecule has 100 valence electrons. The van der Waals surface area contributed by atoms with Gasteiger partial charge in [0.15, 0.2) is 0 Å². The van der Waals surface area contributed by atoms with Crippen molar-refractivity contribution in [2.45, 2.75) is 13.0 Å². The first-order chi connectivity index (χ1) is 8.74. The van der Waals surface area contributed by atoms with E-state index in [2.05, 4.69) is 15.3 Å².